The number of hydrogen-bond donors (Lipinski definition) is 1. The molecule has 2 atom stereocenters. The van der Waals surface area contributed by atoms with Crippen molar-refractivity contribution in [3.05, 3.63) is 137 Å². The van der Waals surface area contributed by atoms with Gasteiger partial charge in [-0.15, -0.1) is 0 Å². The van der Waals surface area contributed by atoms with Crippen LogP contribution in [0, 0.1) is 0 Å². The van der Waals surface area contributed by atoms with Gasteiger partial charge in [0, 0.05) is 39.9 Å². The van der Waals surface area contributed by atoms with E-state index in [0.717, 1.165) is 37.8 Å². The largest absolute Gasteiger partial charge is 0.468 e. The summed E-state index contributed by atoms with van der Waals surface area (Å²) >= 11 is 3.65. The number of methoxy groups -OCH3 is 1. The molecular formula is C31H27BrN2O2. The normalized spacial score (nSPS) is 13.6. The third-order valence-electron chi connectivity index (χ3n) is 6.76. The number of ether oxygens (including phenoxy) is 1. The number of aromatic nitrogens is 1. The van der Waals surface area contributed by atoms with Crippen LogP contribution in [0.15, 0.2) is 120 Å². The minimum absolute atomic E-state index is 0.335. The molecular weight excluding hydrogens is 512 g/mol. The van der Waals surface area contributed by atoms with E-state index in [1.165, 1.54) is 7.11 Å². The first-order valence-electron chi connectivity index (χ1n) is 11.8. The molecule has 36 heavy (non-hydrogen) atoms. The summed E-state index contributed by atoms with van der Waals surface area (Å²) in [5, 5.41) is 4.72. The van der Waals surface area contributed by atoms with Crippen molar-refractivity contribution in [1.29, 1.82) is 0 Å². The van der Waals surface area contributed by atoms with Gasteiger partial charge in [0.05, 0.1) is 13.2 Å². The molecule has 0 saturated heterocycles. The van der Waals surface area contributed by atoms with Gasteiger partial charge in [0.15, 0.2) is 0 Å². The Balaban J connectivity index is 1.91. The number of esters is 1. The van der Waals surface area contributed by atoms with Crippen LogP contribution in [-0.4, -0.2) is 17.6 Å². The monoisotopic (exact) mass is 538 g/mol. The van der Waals surface area contributed by atoms with E-state index in [1.54, 1.807) is 0 Å². The van der Waals surface area contributed by atoms with Crippen LogP contribution < -0.4 is 5.32 Å². The molecule has 0 aliphatic heterocycles. The molecule has 1 aromatic heterocycles. The summed E-state index contributed by atoms with van der Waals surface area (Å²) in [7, 11) is 3.48. The number of carbonyl (C=O) groups excluding carboxylic acids is 1. The average Bonchev–Trinajstić information content (AvgIpc) is 3.26. The molecule has 0 amide bonds. The minimum Gasteiger partial charge on any atom is -0.468 e. The van der Waals surface area contributed by atoms with Crippen LogP contribution in [0.5, 0.6) is 0 Å². The van der Waals surface area contributed by atoms with E-state index in [2.05, 4.69) is 56.3 Å². The van der Waals surface area contributed by atoms with Gasteiger partial charge < -0.3 is 14.6 Å². The number of nitrogens with zero attached hydrogens (tertiary/aromatic N) is 1. The van der Waals surface area contributed by atoms with Crippen molar-refractivity contribution in [3.63, 3.8) is 0 Å². The maximum absolute atomic E-state index is 14.3. The highest BCUT2D eigenvalue weighted by Crippen LogP contribution is 2.49. The van der Waals surface area contributed by atoms with Crippen molar-refractivity contribution in [1.82, 2.24) is 4.57 Å². The summed E-state index contributed by atoms with van der Waals surface area (Å²) in [6, 6.07) is 35.7. The summed E-state index contributed by atoms with van der Waals surface area (Å²) < 4.78 is 8.66. The molecule has 4 aromatic carbocycles. The third kappa shape index (κ3) is 4.10. The zero-order valence-corrected chi connectivity index (χ0v) is 21.8. The van der Waals surface area contributed by atoms with Crippen LogP contribution in [0.4, 0.5) is 5.69 Å². The Labute approximate surface area is 219 Å². The molecule has 1 heterocycles. The molecule has 1 N–H and O–H groups in total. The topological polar surface area (TPSA) is 43.3 Å². The number of carbonyl (C=O) groups is 1. The molecule has 180 valence electrons. The first-order valence-corrected chi connectivity index (χ1v) is 12.6. The van der Waals surface area contributed by atoms with Crippen LogP contribution in [-0.2, 0) is 22.0 Å². The summed E-state index contributed by atoms with van der Waals surface area (Å²) in [4.78, 5) is 14.3. The molecule has 0 saturated carbocycles. The van der Waals surface area contributed by atoms with Crippen LogP contribution in [0.25, 0.3) is 10.9 Å². The van der Waals surface area contributed by atoms with E-state index in [4.69, 9.17) is 4.74 Å². The first kappa shape index (κ1) is 23.9. The Morgan fingerprint density at radius 2 is 1.56 bits per heavy atom. The zero-order valence-electron chi connectivity index (χ0n) is 20.2. The maximum Gasteiger partial charge on any atom is 0.323 e. The lowest BCUT2D eigenvalue weighted by Gasteiger charge is -2.40. The van der Waals surface area contributed by atoms with Crippen LogP contribution in [0.3, 0.4) is 0 Å². The molecule has 5 aromatic rings. The van der Waals surface area contributed by atoms with Gasteiger partial charge in [-0.2, -0.15) is 0 Å². The van der Waals surface area contributed by atoms with Gasteiger partial charge in [0.1, 0.15) is 5.41 Å². The Bertz CT molecular complexity index is 1500. The molecule has 0 fully saturated rings. The van der Waals surface area contributed by atoms with Gasteiger partial charge in [-0.25, -0.2) is 0 Å². The van der Waals surface area contributed by atoms with E-state index in [0.29, 0.717) is 0 Å². The van der Waals surface area contributed by atoms with Gasteiger partial charge in [0.2, 0.25) is 0 Å². The van der Waals surface area contributed by atoms with Gasteiger partial charge in [-0.1, -0.05) is 94.8 Å². The molecule has 4 nitrogen and oxygen atoms in total. The number of benzene rings is 4. The second kappa shape index (κ2) is 10.0. The van der Waals surface area contributed by atoms with E-state index in [-0.39, 0.29) is 5.97 Å². The van der Waals surface area contributed by atoms with Gasteiger partial charge >= 0.3 is 5.97 Å². The fraction of sp³-hybridized carbons (Fsp3) is 0.129. The molecule has 0 aliphatic rings. The van der Waals surface area contributed by atoms with E-state index < -0.39 is 11.5 Å². The quantitative estimate of drug-likeness (QED) is 0.222. The lowest BCUT2D eigenvalue weighted by atomic mass is 9.66. The number of nitrogens with one attached hydrogen (secondary N) is 1. The van der Waals surface area contributed by atoms with E-state index in [1.807, 2.05) is 92.0 Å². The summed E-state index contributed by atoms with van der Waals surface area (Å²) in [5.41, 5.74) is 3.44. The smallest absolute Gasteiger partial charge is 0.323 e. The number of halogens is 1. The second-order valence-corrected chi connectivity index (χ2v) is 9.75. The first-order chi connectivity index (χ1) is 17.6. The summed E-state index contributed by atoms with van der Waals surface area (Å²) in [6.07, 6.45) is 2.06. The molecule has 0 aliphatic carbocycles. The maximum atomic E-state index is 14.3. The van der Waals surface area contributed by atoms with Crippen molar-refractivity contribution in [2.75, 3.05) is 12.4 Å². The summed E-state index contributed by atoms with van der Waals surface area (Å²) in [5.74, 6) is -0.335. The Hall–Kier alpha value is -3.83. The molecule has 5 heteroatoms. The lowest BCUT2D eigenvalue weighted by molar-refractivity contribution is -0.146. The Morgan fingerprint density at radius 1 is 0.889 bits per heavy atom. The van der Waals surface area contributed by atoms with Crippen molar-refractivity contribution in [2.24, 2.45) is 7.05 Å². The standard InChI is InChI=1S/C31H27BrN2O2/c1-34-21-27(26-18-9-10-19-28(26)34)31(30(35)36-2,23-13-5-3-6-14-23)29(22-12-11-15-24(32)20-22)33-25-16-7-4-8-17-25/h3-21,29,33H,1-2H3/t29-,31-/m1/s1. The SMILES string of the molecule is COC(=O)[C@](c1ccccc1)(c1cn(C)c2ccccc12)[C@H](Nc1ccccc1)c1cccc(Br)c1. The fourth-order valence-corrected chi connectivity index (χ4v) is 5.59. The average molecular weight is 539 g/mol. The number of anilines is 1. The van der Waals surface area contributed by atoms with Crippen molar-refractivity contribution < 1.29 is 9.53 Å². The number of hydrogen-bond acceptors (Lipinski definition) is 3. The predicted octanol–water partition coefficient (Wildman–Crippen LogP) is 7.25. The van der Waals surface area contributed by atoms with Gasteiger partial charge in [-0.05, 0) is 41.5 Å². The predicted molar refractivity (Wildman–Crippen MR) is 149 cm³/mol. The third-order valence-corrected chi connectivity index (χ3v) is 7.25. The van der Waals surface area contributed by atoms with Crippen molar-refractivity contribution in [3.8, 4) is 0 Å². The molecule has 0 radical (unpaired) electrons. The molecule has 0 bridgehead atoms. The van der Waals surface area contributed by atoms with Crippen molar-refractivity contribution in [2.45, 2.75) is 11.5 Å². The highest BCUT2D eigenvalue weighted by atomic mass is 79.9. The lowest BCUT2D eigenvalue weighted by Crippen LogP contribution is -2.46. The van der Waals surface area contributed by atoms with E-state index >= 15 is 0 Å². The highest BCUT2D eigenvalue weighted by molar-refractivity contribution is 9.10. The number of rotatable bonds is 7. The molecule has 0 spiro atoms. The van der Waals surface area contributed by atoms with Crippen molar-refractivity contribution >= 4 is 38.5 Å². The van der Waals surface area contributed by atoms with Crippen LogP contribution in [0.2, 0.25) is 0 Å². The molecule has 5 rings (SSSR count). The minimum atomic E-state index is -1.20. The Kier molecular flexibility index (Phi) is 6.66. The van der Waals surface area contributed by atoms with Gasteiger partial charge in [0.25, 0.3) is 0 Å². The number of para-hydroxylation sites is 2. The molecule has 0 unspecified atom stereocenters. The Morgan fingerprint density at radius 3 is 2.25 bits per heavy atom. The van der Waals surface area contributed by atoms with Crippen LogP contribution >= 0.6 is 15.9 Å². The van der Waals surface area contributed by atoms with Crippen LogP contribution in [0.1, 0.15) is 22.7 Å². The fourth-order valence-electron chi connectivity index (χ4n) is 5.17. The number of fused-ring (bicyclic) bond motifs is 1. The number of aryl methyl sites for hydroxylation is 1. The van der Waals surface area contributed by atoms with Gasteiger partial charge in [-0.3, -0.25) is 4.79 Å². The highest BCUT2D eigenvalue weighted by Gasteiger charge is 2.52. The van der Waals surface area contributed by atoms with E-state index in [9.17, 15) is 4.79 Å². The summed E-state index contributed by atoms with van der Waals surface area (Å²) in [6.45, 7) is 0. The second-order valence-electron chi connectivity index (χ2n) is 8.83. The zero-order chi connectivity index (χ0) is 25.1.